The molecule has 0 heterocycles. The molecule has 3 N–H and O–H groups in total. The molecule has 3 rings (SSSR count). The third-order valence-corrected chi connectivity index (χ3v) is 8.51. The van der Waals surface area contributed by atoms with Crippen molar-refractivity contribution in [2.75, 3.05) is 5.32 Å². The van der Waals surface area contributed by atoms with Gasteiger partial charge in [-0.15, -0.1) is 0 Å². The van der Waals surface area contributed by atoms with Gasteiger partial charge in [0.2, 0.25) is 5.91 Å². The van der Waals surface area contributed by atoms with Crippen molar-refractivity contribution >= 4 is 24.0 Å². The third-order valence-electron chi connectivity index (χ3n) is 8.51. The molecule has 0 bridgehead atoms. The van der Waals surface area contributed by atoms with Crippen LogP contribution in [0, 0.1) is 23.0 Å². The van der Waals surface area contributed by atoms with E-state index in [0.717, 1.165) is 30.5 Å². The van der Waals surface area contributed by atoms with Crippen LogP contribution in [0.5, 0.6) is 0 Å². The summed E-state index contributed by atoms with van der Waals surface area (Å²) >= 11 is 0. The first-order chi connectivity index (χ1) is 20.3. The molecule has 0 aromatic heterocycles. The van der Waals surface area contributed by atoms with Gasteiger partial charge in [-0.05, 0) is 55.4 Å². The number of aliphatic carboxylic acids is 1. The molecule has 4 unspecified atom stereocenters. The SMILES string of the molecule is CCCCCCCCCc1ccc(CNC2CCC(C(=O)O)(C(=O)Nc3ccc(F)c(F)c3)C2C(CC)OC=O)cc1. The Morgan fingerprint density at radius 1 is 1.00 bits per heavy atom. The van der Waals surface area contributed by atoms with Crippen molar-refractivity contribution in [3.8, 4) is 0 Å². The molecule has 2 aromatic rings. The highest BCUT2D eigenvalue weighted by atomic mass is 19.2. The molecule has 1 saturated carbocycles. The Morgan fingerprint density at radius 2 is 1.67 bits per heavy atom. The molecule has 0 spiro atoms. The van der Waals surface area contributed by atoms with E-state index < -0.39 is 47.0 Å². The summed E-state index contributed by atoms with van der Waals surface area (Å²) in [6.45, 7) is 4.69. The first-order valence-electron chi connectivity index (χ1n) is 15.2. The average molecular weight is 587 g/mol. The third kappa shape index (κ3) is 8.37. The zero-order chi connectivity index (χ0) is 30.5. The van der Waals surface area contributed by atoms with Crippen LogP contribution >= 0.6 is 0 Å². The lowest BCUT2D eigenvalue weighted by Crippen LogP contribution is -2.54. The first-order valence-corrected chi connectivity index (χ1v) is 15.2. The van der Waals surface area contributed by atoms with E-state index in [-0.39, 0.29) is 18.6 Å². The number of carbonyl (C=O) groups is 3. The Morgan fingerprint density at radius 3 is 2.29 bits per heavy atom. The molecule has 9 heteroatoms. The zero-order valence-corrected chi connectivity index (χ0v) is 24.7. The lowest BCUT2D eigenvalue weighted by molar-refractivity contribution is -0.164. The van der Waals surface area contributed by atoms with Crippen molar-refractivity contribution in [2.24, 2.45) is 11.3 Å². The van der Waals surface area contributed by atoms with Crippen molar-refractivity contribution in [2.45, 2.75) is 103 Å². The van der Waals surface area contributed by atoms with E-state index in [1.54, 1.807) is 6.92 Å². The number of anilines is 1. The van der Waals surface area contributed by atoms with Crippen molar-refractivity contribution in [1.82, 2.24) is 5.32 Å². The van der Waals surface area contributed by atoms with E-state index in [2.05, 4.69) is 29.7 Å². The highest BCUT2D eigenvalue weighted by Crippen LogP contribution is 2.48. The second kappa shape index (κ2) is 16.3. The largest absolute Gasteiger partial charge is 0.480 e. The molecule has 1 aliphatic rings. The predicted octanol–water partition coefficient (Wildman–Crippen LogP) is 6.79. The van der Waals surface area contributed by atoms with Gasteiger partial charge >= 0.3 is 5.97 Å². The van der Waals surface area contributed by atoms with E-state index in [1.807, 2.05) is 12.1 Å². The van der Waals surface area contributed by atoms with Crippen molar-refractivity contribution in [3.05, 3.63) is 65.2 Å². The van der Waals surface area contributed by atoms with Gasteiger partial charge in [-0.3, -0.25) is 14.4 Å². The summed E-state index contributed by atoms with van der Waals surface area (Å²) in [6, 6.07) is 10.7. The van der Waals surface area contributed by atoms with Gasteiger partial charge in [0.25, 0.3) is 6.47 Å². The van der Waals surface area contributed by atoms with Gasteiger partial charge in [-0.1, -0.05) is 76.6 Å². The van der Waals surface area contributed by atoms with E-state index in [0.29, 0.717) is 19.4 Å². The van der Waals surface area contributed by atoms with Crippen LogP contribution in [0.3, 0.4) is 0 Å². The maximum Gasteiger partial charge on any atom is 0.319 e. The Balaban J connectivity index is 1.69. The summed E-state index contributed by atoms with van der Waals surface area (Å²) in [6.07, 6.45) is 9.63. The molecule has 1 aliphatic carbocycles. The minimum absolute atomic E-state index is 0.0176. The first kappa shape index (κ1) is 33.2. The maximum absolute atomic E-state index is 13.8. The second-order valence-electron chi connectivity index (χ2n) is 11.3. The fraction of sp³-hybridized carbons (Fsp3) is 0.545. The summed E-state index contributed by atoms with van der Waals surface area (Å²) in [5.41, 5.74) is 0.276. The molecule has 0 saturated heterocycles. The second-order valence-corrected chi connectivity index (χ2v) is 11.3. The van der Waals surface area contributed by atoms with Gasteiger partial charge in [-0.25, -0.2) is 8.78 Å². The molecular formula is C33H44F2N2O5. The number of carboxylic acid groups (broad SMARTS) is 1. The summed E-state index contributed by atoms with van der Waals surface area (Å²) in [7, 11) is 0. The number of benzene rings is 2. The van der Waals surface area contributed by atoms with Crippen LogP contribution in [0.15, 0.2) is 42.5 Å². The summed E-state index contributed by atoms with van der Waals surface area (Å²) in [5, 5.41) is 16.3. The van der Waals surface area contributed by atoms with Crippen LogP contribution in [-0.2, 0) is 32.1 Å². The molecule has 7 nitrogen and oxygen atoms in total. The van der Waals surface area contributed by atoms with Crippen LogP contribution in [0.1, 0.15) is 89.2 Å². The monoisotopic (exact) mass is 586 g/mol. The van der Waals surface area contributed by atoms with Crippen LogP contribution in [0.25, 0.3) is 0 Å². The predicted molar refractivity (Wildman–Crippen MR) is 158 cm³/mol. The van der Waals surface area contributed by atoms with Crippen LogP contribution in [0.2, 0.25) is 0 Å². The number of carboxylic acids is 1. The standard InChI is InChI=1S/C33H44F2N2O5/c1-3-5-6-7-8-9-10-11-23-12-14-24(15-13-23)21-36-28-18-19-33(32(40)41,30(28)29(4-2)42-22-38)31(39)37-25-16-17-26(34)27(35)20-25/h12-17,20,22,28-30,36H,3-11,18-19,21H2,1-2H3,(H,37,39)(H,40,41). The Bertz CT molecular complexity index is 1180. The Kier molecular flexibility index (Phi) is 12.9. The minimum Gasteiger partial charge on any atom is -0.480 e. The zero-order valence-electron chi connectivity index (χ0n) is 24.7. The van der Waals surface area contributed by atoms with E-state index in [1.165, 1.54) is 50.2 Å². The number of hydrogen-bond acceptors (Lipinski definition) is 5. The summed E-state index contributed by atoms with van der Waals surface area (Å²) in [4.78, 5) is 37.7. The van der Waals surface area contributed by atoms with Crippen molar-refractivity contribution in [3.63, 3.8) is 0 Å². The molecule has 2 aromatic carbocycles. The van der Waals surface area contributed by atoms with Crippen molar-refractivity contribution < 1.29 is 33.0 Å². The van der Waals surface area contributed by atoms with E-state index in [4.69, 9.17) is 4.74 Å². The number of hydrogen-bond donors (Lipinski definition) is 3. The normalized spacial score (nSPS) is 20.7. The highest BCUT2D eigenvalue weighted by molar-refractivity contribution is 6.09. The lowest BCUT2D eigenvalue weighted by atomic mass is 9.72. The minimum atomic E-state index is -1.95. The number of ether oxygens (including phenoxy) is 1. The Labute approximate surface area is 247 Å². The van der Waals surface area contributed by atoms with Gasteiger partial charge in [-0.2, -0.15) is 0 Å². The molecule has 230 valence electrons. The molecule has 4 atom stereocenters. The number of carbonyl (C=O) groups excluding carboxylic acids is 2. The highest BCUT2D eigenvalue weighted by Gasteiger charge is 2.61. The number of amides is 1. The summed E-state index contributed by atoms with van der Waals surface area (Å²) < 4.78 is 32.5. The van der Waals surface area contributed by atoms with Crippen LogP contribution in [-0.4, -0.2) is 35.6 Å². The number of halogens is 2. The topological polar surface area (TPSA) is 105 Å². The maximum atomic E-state index is 13.8. The number of aryl methyl sites for hydroxylation is 1. The van der Waals surface area contributed by atoms with Crippen LogP contribution < -0.4 is 10.6 Å². The van der Waals surface area contributed by atoms with E-state index in [9.17, 15) is 28.3 Å². The molecule has 1 amide bonds. The molecular weight excluding hydrogens is 542 g/mol. The average Bonchev–Trinajstić information content (AvgIpc) is 3.37. The number of unbranched alkanes of at least 4 members (excludes halogenated alkanes) is 6. The van der Waals surface area contributed by atoms with Gasteiger partial charge in [0, 0.05) is 30.3 Å². The van der Waals surface area contributed by atoms with E-state index >= 15 is 0 Å². The fourth-order valence-corrected chi connectivity index (χ4v) is 6.17. The number of rotatable bonds is 18. The molecule has 42 heavy (non-hydrogen) atoms. The fourth-order valence-electron chi connectivity index (χ4n) is 6.17. The van der Waals surface area contributed by atoms with Gasteiger partial charge in [0.15, 0.2) is 17.0 Å². The summed E-state index contributed by atoms with van der Waals surface area (Å²) in [5.74, 6) is -5.37. The van der Waals surface area contributed by atoms with Crippen LogP contribution in [0.4, 0.5) is 14.5 Å². The lowest BCUT2D eigenvalue weighted by Gasteiger charge is -2.37. The Hall–Kier alpha value is -3.33. The van der Waals surface area contributed by atoms with Crippen molar-refractivity contribution in [1.29, 1.82) is 0 Å². The molecule has 0 aliphatic heterocycles. The van der Waals surface area contributed by atoms with Gasteiger partial charge in [0.05, 0.1) is 0 Å². The quantitative estimate of drug-likeness (QED) is 0.101. The molecule has 0 radical (unpaired) electrons. The smallest absolute Gasteiger partial charge is 0.319 e. The molecule has 1 fully saturated rings. The number of nitrogens with one attached hydrogen (secondary N) is 2. The van der Waals surface area contributed by atoms with Gasteiger partial charge < -0.3 is 20.5 Å². The van der Waals surface area contributed by atoms with Gasteiger partial charge in [0.1, 0.15) is 6.10 Å².